The summed E-state index contributed by atoms with van der Waals surface area (Å²) in [5.74, 6) is -0.703. The highest BCUT2D eigenvalue weighted by atomic mass is 32.2. The van der Waals surface area contributed by atoms with E-state index in [1.165, 1.54) is 10.5 Å². The molecule has 1 fully saturated rings. The SMILES string of the molecule is Cc1ccccc1SC1CCCC(NC(C)C)(C(=O)O)C1. The maximum absolute atomic E-state index is 11.8. The van der Waals surface area contributed by atoms with E-state index in [2.05, 4.69) is 30.4 Å². The number of nitrogens with one attached hydrogen (secondary N) is 1. The molecule has 21 heavy (non-hydrogen) atoms. The predicted molar refractivity (Wildman–Crippen MR) is 87.9 cm³/mol. The summed E-state index contributed by atoms with van der Waals surface area (Å²) >= 11 is 1.83. The molecule has 1 aliphatic carbocycles. The Hall–Kier alpha value is -1.00. The largest absolute Gasteiger partial charge is 0.480 e. The van der Waals surface area contributed by atoms with Crippen LogP contribution in [-0.2, 0) is 4.79 Å². The van der Waals surface area contributed by atoms with E-state index in [0.29, 0.717) is 11.7 Å². The van der Waals surface area contributed by atoms with Gasteiger partial charge in [0.1, 0.15) is 5.54 Å². The van der Waals surface area contributed by atoms with Crippen LogP contribution in [0.2, 0.25) is 0 Å². The van der Waals surface area contributed by atoms with Crippen LogP contribution in [0.3, 0.4) is 0 Å². The number of carboxylic acid groups (broad SMARTS) is 1. The van der Waals surface area contributed by atoms with Gasteiger partial charge in [-0.1, -0.05) is 18.2 Å². The fourth-order valence-corrected chi connectivity index (χ4v) is 4.56. The number of hydrogen-bond donors (Lipinski definition) is 2. The average molecular weight is 307 g/mol. The molecule has 0 saturated heterocycles. The minimum Gasteiger partial charge on any atom is -0.480 e. The lowest BCUT2D eigenvalue weighted by Gasteiger charge is -2.39. The van der Waals surface area contributed by atoms with Crippen molar-refractivity contribution in [3.05, 3.63) is 29.8 Å². The van der Waals surface area contributed by atoms with Crippen molar-refractivity contribution in [2.24, 2.45) is 0 Å². The minimum absolute atomic E-state index is 0.184. The van der Waals surface area contributed by atoms with Crippen molar-refractivity contribution in [1.29, 1.82) is 0 Å². The lowest BCUT2D eigenvalue weighted by atomic mass is 9.81. The van der Waals surface area contributed by atoms with Crippen LogP contribution < -0.4 is 5.32 Å². The van der Waals surface area contributed by atoms with Gasteiger partial charge in [0, 0.05) is 16.2 Å². The van der Waals surface area contributed by atoms with Crippen LogP contribution in [0.4, 0.5) is 0 Å². The van der Waals surface area contributed by atoms with Crippen molar-refractivity contribution in [3.63, 3.8) is 0 Å². The molecule has 3 nitrogen and oxygen atoms in total. The normalized spacial score (nSPS) is 26.0. The van der Waals surface area contributed by atoms with Gasteiger partial charge < -0.3 is 5.11 Å². The number of aryl methyl sites for hydroxylation is 1. The zero-order valence-corrected chi connectivity index (χ0v) is 13.9. The number of thioether (sulfide) groups is 1. The van der Waals surface area contributed by atoms with Gasteiger partial charge in [-0.2, -0.15) is 0 Å². The van der Waals surface area contributed by atoms with E-state index in [4.69, 9.17) is 0 Å². The molecule has 4 heteroatoms. The van der Waals surface area contributed by atoms with Crippen molar-refractivity contribution in [2.45, 2.75) is 68.2 Å². The lowest BCUT2D eigenvalue weighted by Crippen LogP contribution is -2.57. The molecule has 1 saturated carbocycles. The molecule has 0 aromatic heterocycles. The Balaban J connectivity index is 2.12. The highest BCUT2D eigenvalue weighted by Crippen LogP contribution is 2.39. The molecule has 0 heterocycles. The molecule has 0 bridgehead atoms. The summed E-state index contributed by atoms with van der Waals surface area (Å²) in [6.45, 7) is 6.15. The van der Waals surface area contributed by atoms with E-state index in [0.717, 1.165) is 19.3 Å². The quantitative estimate of drug-likeness (QED) is 0.867. The zero-order valence-electron chi connectivity index (χ0n) is 13.1. The summed E-state index contributed by atoms with van der Waals surface area (Å²) < 4.78 is 0. The van der Waals surface area contributed by atoms with Gasteiger partial charge in [-0.3, -0.25) is 10.1 Å². The van der Waals surface area contributed by atoms with E-state index >= 15 is 0 Å². The van der Waals surface area contributed by atoms with Crippen molar-refractivity contribution in [1.82, 2.24) is 5.32 Å². The first-order valence-electron chi connectivity index (χ1n) is 7.66. The molecule has 2 rings (SSSR count). The Bertz CT molecular complexity index is 503. The summed E-state index contributed by atoms with van der Waals surface area (Å²) in [5, 5.41) is 13.4. The van der Waals surface area contributed by atoms with Crippen molar-refractivity contribution in [3.8, 4) is 0 Å². The molecular weight excluding hydrogens is 282 g/mol. The fourth-order valence-electron chi connectivity index (χ4n) is 3.13. The highest BCUT2D eigenvalue weighted by Gasteiger charge is 2.43. The maximum Gasteiger partial charge on any atom is 0.323 e. The first kappa shape index (κ1) is 16.4. The van der Waals surface area contributed by atoms with Crippen LogP contribution in [-0.4, -0.2) is 27.9 Å². The van der Waals surface area contributed by atoms with Gasteiger partial charge in [0.15, 0.2) is 0 Å². The Morgan fingerprint density at radius 3 is 2.76 bits per heavy atom. The Labute approximate surface area is 131 Å². The number of carbonyl (C=O) groups is 1. The summed E-state index contributed by atoms with van der Waals surface area (Å²) in [7, 11) is 0. The number of aliphatic carboxylic acids is 1. The molecule has 0 amide bonds. The molecule has 0 spiro atoms. The van der Waals surface area contributed by atoms with Crippen LogP contribution in [0.1, 0.15) is 45.1 Å². The van der Waals surface area contributed by atoms with Crippen LogP contribution in [0.25, 0.3) is 0 Å². The van der Waals surface area contributed by atoms with Gasteiger partial charge in [0.05, 0.1) is 0 Å². The summed E-state index contributed by atoms with van der Waals surface area (Å²) in [6.07, 6.45) is 3.48. The minimum atomic E-state index is -0.757. The third-order valence-electron chi connectivity index (χ3n) is 4.07. The lowest BCUT2D eigenvalue weighted by molar-refractivity contribution is -0.146. The summed E-state index contributed by atoms with van der Waals surface area (Å²) in [6, 6.07) is 8.52. The van der Waals surface area contributed by atoms with Crippen molar-refractivity contribution in [2.75, 3.05) is 0 Å². The van der Waals surface area contributed by atoms with Crippen LogP contribution in [0.5, 0.6) is 0 Å². The smallest absolute Gasteiger partial charge is 0.323 e. The first-order chi connectivity index (χ1) is 9.93. The molecule has 1 aliphatic rings. The third kappa shape index (κ3) is 4.01. The highest BCUT2D eigenvalue weighted by molar-refractivity contribution is 8.00. The fraction of sp³-hybridized carbons (Fsp3) is 0.588. The summed E-state index contributed by atoms with van der Waals surface area (Å²) in [4.78, 5) is 13.1. The molecule has 2 N–H and O–H groups in total. The van der Waals surface area contributed by atoms with E-state index in [-0.39, 0.29) is 6.04 Å². The van der Waals surface area contributed by atoms with Crippen molar-refractivity contribution < 1.29 is 9.90 Å². The van der Waals surface area contributed by atoms with Crippen molar-refractivity contribution >= 4 is 17.7 Å². The molecule has 1 aromatic carbocycles. The summed E-state index contributed by atoms with van der Waals surface area (Å²) in [5.41, 5.74) is 0.512. The molecule has 0 radical (unpaired) electrons. The maximum atomic E-state index is 11.8. The Morgan fingerprint density at radius 1 is 1.43 bits per heavy atom. The van der Waals surface area contributed by atoms with Gasteiger partial charge in [-0.15, -0.1) is 11.8 Å². The second-order valence-electron chi connectivity index (χ2n) is 6.29. The second-order valence-corrected chi connectivity index (χ2v) is 7.63. The van der Waals surface area contributed by atoms with E-state index < -0.39 is 11.5 Å². The predicted octanol–water partition coefficient (Wildman–Crippen LogP) is 3.85. The van der Waals surface area contributed by atoms with Gasteiger partial charge in [-0.05, 0) is 58.1 Å². The number of benzene rings is 1. The molecule has 116 valence electrons. The number of rotatable bonds is 5. The van der Waals surface area contributed by atoms with Gasteiger partial charge in [0.2, 0.25) is 0 Å². The third-order valence-corrected chi connectivity index (χ3v) is 5.52. The Kier molecular flexibility index (Phi) is 5.33. The molecule has 1 aromatic rings. The first-order valence-corrected chi connectivity index (χ1v) is 8.54. The van der Waals surface area contributed by atoms with Crippen LogP contribution >= 0.6 is 11.8 Å². The van der Waals surface area contributed by atoms with E-state index in [1.807, 2.05) is 31.7 Å². The van der Waals surface area contributed by atoms with Gasteiger partial charge in [0.25, 0.3) is 0 Å². The van der Waals surface area contributed by atoms with E-state index in [1.54, 1.807) is 0 Å². The standard InChI is InChI=1S/C17H25NO2S/c1-12(2)18-17(16(19)20)10-6-8-14(11-17)21-15-9-5-4-7-13(15)3/h4-5,7,9,12,14,18H,6,8,10-11H2,1-3H3,(H,19,20). The second kappa shape index (κ2) is 6.84. The molecular formula is C17H25NO2S. The average Bonchev–Trinajstić information content (AvgIpc) is 2.41. The molecule has 2 unspecified atom stereocenters. The monoisotopic (exact) mass is 307 g/mol. The van der Waals surface area contributed by atoms with Gasteiger partial charge in [-0.25, -0.2) is 0 Å². The number of carboxylic acids is 1. The van der Waals surface area contributed by atoms with Gasteiger partial charge >= 0.3 is 5.97 Å². The molecule has 2 atom stereocenters. The van der Waals surface area contributed by atoms with E-state index in [9.17, 15) is 9.90 Å². The van der Waals surface area contributed by atoms with Crippen LogP contribution in [0.15, 0.2) is 29.2 Å². The zero-order chi connectivity index (χ0) is 15.5. The number of hydrogen-bond acceptors (Lipinski definition) is 3. The topological polar surface area (TPSA) is 49.3 Å². The molecule has 0 aliphatic heterocycles. The van der Waals surface area contributed by atoms with Crippen LogP contribution in [0, 0.1) is 6.92 Å². The Morgan fingerprint density at radius 2 is 2.14 bits per heavy atom.